The third-order valence-electron chi connectivity index (χ3n) is 3.33. The number of carbonyl (C=O) groups is 1. The zero-order chi connectivity index (χ0) is 14.9. The topological polar surface area (TPSA) is 65.0 Å². The predicted octanol–water partition coefficient (Wildman–Crippen LogP) is 2.02. The molecular formula is C16H22O5. The molecule has 21 heavy (non-hydrogen) atoms. The Balaban J connectivity index is 1.82. The van der Waals surface area contributed by atoms with E-state index in [1.54, 1.807) is 0 Å². The number of hydrogen-bond acceptors (Lipinski definition) is 5. The van der Waals surface area contributed by atoms with E-state index < -0.39 is 12.1 Å². The van der Waals surface area contributed by atoms with Gasteiger partial charge >= 0.3 is 5.97 Å². The smallest absolute Gasteiger partial charge is 0.335 e. The average molecular weight is 294 g/mol. The number of esters is 1. The second kappa shape index (κ2) is 8.77. The second-order valence-corrected chi connectivity index (χ2v) is 5.03. The molecule has 0 bridgehead atoms. The summed E-state index contributed by atoms with van der Waals surface area (Å²) in [4.78, 5) is 12.1. The van der Waals surface area contributed by atoms with Gasteiger partial charge in [0.2, 0.25) is 0 Å². The fraction of sp³-hybridized carbons (Fsp3) is 0.562. The van der Waals surface area contributed by atoms with Crippen LogP contribution in [0.1, 0.15) is 31.2 Å². The van der Waals surface area contributed by atoms with Crippen LogP contribution in [0.25, 0.3) is 0 Å². The van der Waals surface area contributed by atoms with Crippen molar-refractivity contribution < 1.29 is 24.1 Å². The maximum atomic E-state index is 12.1. The van der Waals surface area contributed by atoms with Crippen molar-refractivity contribution in [3.63, 3.8) is 0 Å². The largest absolute Gasteiger partial charge is 0.459 e. The van der Waals surface area contributed by atoms with Crippen LogP contribution in [0.4, 0.5) is 0 Å². The molecule has 1 fully saturated rings. The molecule has 0 saturated carbocycles. The molecule has 1 saturated heterocycles. The second-order valence-electron chi connectivity index (χ2n) is 5.03. The number of ether oxygens (including phenoxy) is 3. The first-order chi connectivity index (χ1) is 10.3. The van der Waals surface area contributed by atoms with Crippen LogP contribution in [0.5, 0.6) is 0 Å². The van der Waals surface area contributed by atoms with Crippen molar-refractivity contribution in [2.24, 2.45) is 0 Å². The van der Waals surface area contributed by atoms with Crippen LogP contribution in [0.2, 0.25) is 0 Å². The van der Waals surface area contributed by atoms with Gasteiger partial charge in [-0.3, -0.25) is 0 Å². The van der Waals surface area contributed by atoms with Crippen LogP contribution in [0.3, 0.4) is 0 Å². The van der Waals surface area contributed by atoms with Crippen LogP contribution >= 0.6 is 0 Å². The Hall–Kier alpha value is -1.43. The van der Waals surface area contributed by atoms with Crippen LogP contribution in [0.15, 0.2) is 30.3 Å². The van der Waals surface area contributed by atoms with E-state index in [2.05, 4.69) is 0 Å². The highest BCUT2D eigenvalue weighted by Gasteiger charge is 2.26. The third kappa shape index (κ3) is 5.46. The van der Waals surface area contributed by atoms with Gasteiger partial charge in [0.05, 0.1) is 0 Å². The number of aliphatic hydroxyl groups excluding tert-OH is 1. The maximum absolute atomic E-state index is 12.1. The Morgan fingerprint density at radius 2 is 2.14 bits per heavy atom. The van der Waals surface area contributed by atoms with Gasteiger partial charge in [-0.15, -0.1) is 0 Å². The molecule has 2 unspecified atom stereocenters. The minimum atomic E-state index is -0.776. The Kier molecular flexibility index (Phi) is 6.66. The standard InChI is InChI=1S/C16H22O5/c17-10-9-14(21-15-8-4-5-11-19-15)16(18)20-12-13-6-2-1-3-7-13/h1-3,6-7,14-15,17H,4-5,8-12H2. The zero-order valence-corrected chi connectivity index (χ0v) is 12.1. The minimum absolute atomic E-state index is 0.127. The summed E-state index contributed by atoms with van der Waals surface area (Å²) >= 11 is 0. The molecule has 5 nitrogen and oxygen atoms in total. The number of rotatable bonds is 7. The van der Waals surface area contributed by atoms with Gasteiger partial charge in [-0.25, -0.2) is 4.79 Å². The van der Waals surface area contributed by atoms with Gasteiger partial charge in [-0.2, -0.15) is 0 Å². The molecule has 1 heterocycles. The van der Waals surface area contributed by atoms with Gasteiger partial charge in [-0.05, 0) is 24.8 Å². The van der Waals surface area contributed by atoms with Crippen molar-refractivity contribution in [3.8, 4) is 0 Å². The fourth-order valence-electron chi connectivity index (χ4n) is 2.18. The lowest BCUT2D eigenvalue weighted by Gasteiger charge is -2.26. The highest BCUT2D eigenvalue weighted by molar-refractivity contribution is 5.74. The first-order valence-corrected chi connectivity index (χ1v) is 7.38. The van der Waals surface area contributed by atoms with Gasteiger partial charge in [0.1, 0.15) is 6.61 Å². The molecule has 1 N–H and O–H groups in total. The van der Waals surface area contributed by atoms with Gasteiger partial charge in [0.25, 0.3) is 0 Å². The molecule has 0 spiro atoms. The molecule has 1 aliphatic heterocycles. The Bertz CT molecular complexity index is 414. The van der Waals surface area contributed by atoms with Crippen molar-refractivity contribution in [2.75, 3.05) is 13.2 Å². The molecule has 1 aliphatic rings. The Morgan fingerprint density at radius 3 is 2.81 bits per heavy atom. The fourth-order valence-corrected chi connectivity index (χ4v) is 2.18. The van der Waals surface area contributed by atoms with E-state index >= 15 is 0 Å². The van der Waals surface area contributed by atoms with Crippen molar-refractivity contribution in [3.05, 3.63) is 35.9 Å². The summed E-state index contributed by atoms with van der Waals surface area (Å²) in [6, 6.07) is 9.46. The molecule has 116 valence electrons. The van der Waals surface area contributed by atoms with Crippen molar-refractivity contribution in [1.82, 2.24) is 0 Å². The van der Waals surface area contributed by atoms with Crippen molar-refractivity contribution in [1.29, 1.82) is 0 Å². The van der Waals surface area contributed by atoms with Crippen LogP contribution < -0.4 is 0 Å². The number of carbonyl (C=O) groups excluding carboxylic acids is 1. The Labute approximate surface area is 124 Å². The van der Waals surface area contributed by atoms with Gasteiger partial charge in [-0.1, -0.05) is 30.3 Å². The summed E-state index contributed by atoms with van der Waals surface area (Å²) in [5.74, 6) is -0.456. The lowest BCUT2D eigenvalue weighted by molar-refractivity contribution is -0.206. The van der Waals surface area contributed by atoms with Crippen molar-refractivity contribution in [2.45, 2.75) is 44.7 Å². The monoisotopic (exact) mass is 294 g/mol. The van der Waals surface area contributed by atoms with Crippen LogP contribution in [-0.4, -0.2) is 36.7 Å². The first-order valence-electron chi connectivity index (χ1n) is 7.38. The molecule has 0 radical (unpaired) electrons. The first kappa shape index (κ1) is 15.9. The summed E-state index contributed by atoms with van der Waals surface area (Å²) in [6.45, 7) is 0.726. The lowest BCUT2D eigenvalue weighted by Crippen LogP contribution is -2.34. The molecule has 0 aromatic heterocycles. The van der Waals surface area contributed by atoms with Crippen LogP contribution in [-0.2, 0) is 25.6 Å². The van der Waals surface area contributed by atoms with E-state index in [1.807, 2.05) is 30.3 Å². The minimum Gasteiger partial charge on any atom is -0.459 e. The molecule has 5 heteroatoms. The molecule has 1 aromatic rings. The highest BCUT2D eigenvalue weighted by atomic mass is 16.7. The summed E-state index contributed by atoms with van der Waals surface area (Å²) in [7, 11) is 0. The number of aliphatic hydroxyl groups is 1. The van der Waals surface area contributed by atoms with E-state index in [0.717, 1.165) is 24.8 Å². The van der Waals surface area contributed by atoms with Gasteiger partial charge in [0.15, 0.2) is 12.4 Å². The number of benzene rings is 1. The zero-order valence-electron chi connectivity index (χ0n) is 12.1. The SMILES string of the molecule is O=C(OCc1ccccc1)C(CCO)OC1CCCCO1. The number of hydrogen-bond donors (Lipinski definition) is 1. The van der Waals surface area contributed by atoms with Gasteiger partial charge in [0, 0.05) is 19.6 Å². The molecule has 1 aromatic carbocycles. The summed E-state index contributed by atoms with van der Waals surface area (Å²) in [5, 5.41) is 9.07. The van der Waals surface area contributed by atoms with E-state index in [1.165, 1.54) is 0 Å². The average Bonchev–Trinajstić information content (AvgIpc) is 2.54. The van der Waals surface area contributed by atoms with E-state index in [4.69, 9.17) is 19.3 Å². The van der Waals surface area contributed by atoms with Gasteiger partial charge < -0.3 is 19.3 Å². The Morgan fingerprint density at radius 1 is 1.33 bits per heavy atom. The van der Waals surface area contributed by atoms with E-state index in [9.17, 15) is 4.79 Å². The van der Waals surface area contributed by atoms with Crippen molar-refractivity contribution >= 4 is 5.97 Å². The van der Waals surface area contributed by atoms with E-state index in [0.29, 0.717) is 6.61 Å². The molecular weight excluding hydrogens is 272 g/mol. The predicted molar refractivity (Wildman–Crippen MR) is 76.4 cm³/mol. The normalized spacial score (nSPS) is 20.0. The maximum Gasteiger partial charge on any atom is 0.335 e. The lowest BCUT2D eigenvalue weighted by atomic mass is 10.2. The van der Waals surface area contributed by atoms with E-state index in [-0.39, 0.29) is 25.9 Å². The van der Waals surface area contributed by atoms with Crippen LogP contribution in [0, 0.1) is 0 Å². The molecule has 2 rings (SSSR count). The molecule has 0 amide bonds. The quantitative estimate of drug-likeness (QED) is 0.779. The summed E-state index contributed by atoms with van der Waals surface area (Å²) < 4.78 is 16.3. The highest BCUT2D eigenvalue weighted by Crippen LogP contribution is 2.17. The summed E-state index contributed by atoms with van der Waals surface area (Å²) in [5.41, 5.74) is 0.919. The molecule has 2 atom stereocenters. The summed E-state index contributed by atoms with van der Waals surface area (Å²) in [6.07, 6.45) is 1.88. The molecule has 0 aliphatic carbocycles. The third-order valence-corrected chi connectivity index (χ3v) is 3.33.